The molecule has 0 unspecified atom stereocenters. The van der Waals surface area contributed by atoms with Crippen LogP contribution in [0.5, 0.6) is 11.5 Å². The van der Waals surface area contributed by atoms with Crippen LogP contribution in [0.25, 0.3) is 0 Å². The number of aromatic hydroxyl groups is 2. The molecule has 25 nitrogen and oxygen atoms in total. The van der Waals surface area contributed by atoms with Gasteiger partial charge in [0.25, 0.3) is 0 Å². The maximum atomic E-state index is 14.2. The van der Waals surface area contributed by atoms with Gasteiger partial charge in [-0.3, -0.25) is 33.6 Å². The number of fused-ring (bicyclic) bond motifs is 2. The van der Waals surface area contributed by atoms with Crippen molar-refractivity contribution < 1.29 is 84.6 Å². The van der Waals surface area contributed by atoms with Crippen molar-refractivity contribution >= 4 is 41.4 Å². The molecule has 0 spiro atoms. The van der Waals surface area contributed by atoms with Crippen LogP contribution in [0.15, 0.2) is 18.2 Å². The van der Waals surface area contributed by atoms with E-state index in [0.29, 0.717) is 4.90 Å². The first-order valence-electron chi connectivity index (χ1n) is 18.8. The minimum atomic E-state index is -2.45. The van der Waals surface area contributed by atoms with E-state index >= 15 is 0 Å². The monoisotopic (exact) mass is 856 g/mol. The summed E-state index contributed by atoms with van der Waals surface area (Å²) in [5.41, 5.74) is 10.8. The van der Waals surface area contributed by atoms with Gasteiger partial charge in [-0.05, 0) is 24.6 Å². The van der Waals surface area contributed by atoms with Crippen LogP contribution in [0, 0.1) is 5.92 Å². The normalized spacial score (nSPS) is 33.5. The van der Waals surface area contributed by atoms with Gasteiger partial charge < -0.3 is 93.6 Å². The molecular formula is C35H52N8O17. The molecule has 7 amide bonds. The molecule has 0 radical (unpaired) electrons. The molecule has 15 atom stereocenters. The van der Waals surface area contributed by atoms with Gasteiger partial charge >= 0.3 is 0 Å². The number of primary amides is 1. The van der Waals surface area contributed by atoms with Crippen molar-refractivity contribution in [3.63, 3.8) is 0 Å². The second-order valence-corrected chi connectivity index (χ2v) is 15.3. The summed E-state index contributed by atoms with van der Waals surface area (Å²) in [6.45, 7) is 1.44. The zero-order valence-corrected chi connectivity index (χ0v) is 32.3. The van der Waals surface area contributed by atoms with Gasteiger partial charge in [-0.15, -0.1) is 0 Å². The van der Waals surface area contributed by atoms with Gasteiger partial charge in [0.05, 0.1) is 36.9 Å². The molecule has 3 aliphatic heterocycles. The number of amides is 7. The smallest absolute Gasteiger partial charge is 0.248 e. The lowest BCUT2D eigenvalue weighted by molar-refractivity contribution is -0.149. The third kappa shape index (κ3) is 10.5. The number of phenolic OH excluding ortho intramolecular Hbond substituents is 2. The number of nitrogens with zero attached hydrogens (tertiary/aromatic N) is 2. The SMILES string of the molecule is C[C@@H](O)[C@@H]1NC(=O)[C@@H](N)C[C@@H](O)[C@@H](O)NC(=O)[C@@H]2[C@@H](O)[C@@H](C)CN2C(=O)[C@H]([C@H](O)CC(N)=O)NC(=O)[C@H]([C@H](O)[C@@H](O)c2ccc(O)c(O)c2)NC(=O)[C@@H]2C[C@@H](O)CN2C1=O. The van der Waals surface area contributed by atoms with E-state index in [4.69, 9.17) is 11.5 Å². The van der Waals surface area contributed by atoms with E-state index in [0.717, 1.165) is 30.0 Å². The van der Waals surface area contributed by atoms with Crippen LogP contribution in [0.2, 0.25) is 0 Å². The van der Waals surface area contributed by atoms with Gasteiger partial charge in [-0.2, -0.15) is 0 Å². The second-order valence-electron chi connectivity index (χ2n) is 15.3. The van der Waals surface area contributed by atoms with Crippen LogP contribution in [0.3, 0.4) is 0 Å². The van der Waals surface area contributed by atoms with E-state index in [-0.39, 0.29) is 5.56 Å². The number of hydrogen-bond acceptors (Lipinski definition) is 18. The largest absolute Gasteiger partial charge is 0.504 e. The number of hydrogen-bond donors (Lipinski definition) is 16. The molecular weight excluding hydrogens is 804 g/mol. The molecule has 0 bridgehead atoms. The molecule has 1 aromatic carbocycles. The van der Waals surface area contributed by atoms with Gasteiger partial charge in [-0.1, -0.05) is 13.0 Å². The number of phenols is 2. The van der Waals surface area contributed by atoms with E-state index in [1.54, 1.807) is 0 Å². The number of carbonyl (C=O) groups excluding carboxylic acids is 7. The summed E-state index contributed by atoms with van der Waals surface area (Å²) in [6.07, 6.45) is -18.3. The number of nitrogens with one attached hydrogen (secondary N) is 4. The maximum absolute atomic E-state index is 14.2. The highest BCUT2D eigenvalue weighted by Crippen LogP contribution is 2.31. The second kappa shape index (κ2) is 19.4. The van der Waals surface area contributed by atoms with Crippen LogP contribution in [0.1, 0.15) is 44.8 Å². The molecule has 0 aromatic heterocycles. The molecule has 60 heavy (non-hydrogen) atoms. The number of nitrogens with two attached hydrogens (primary N) is 2. The highest BCUT2D eigenvalue weighted by molar-refractivity contribution is 5.98. The number of benzene rings is 1. The Morgan fingerprint density at radius 3 is 1.98 bits per heavy atom. The Morgan fingerprint density at radius 2 is 1.38 bits per heavy atom. The number of aliphatic hydroxyl groups is 8. The summed E-state index contributed by atoms with van der Waals surface area (Å²) in [7, 11) is 0. The van der Waals surface area contributed by atoms with Gasteiger partial charge in [0, 0.05) is 31.8 Å². The molecule has 3 heterocycles. The highest BCUT2D eigenvalue weighted by atomic mass is 16.3. The molecule has 3 saturated heterocycles. The number of carbonyl (C=O) groups is 7. The lowest BCUT2D eigenvalue weighted by atomic mass is 9.96. The lowest BCUT2D eigenvalue weighted by Gasteiger charge is -2.34. The molecule has 1 aromatic rings. The Balaban J connectivity index is 1.86. The predicted octanol–water partition coefficient (Wildman–Crippen LogP) is -8.74. The van der Waals surface area contributed by atoms with Crippen LogP contribution < -0.4 is 32.7 Å². The average molecular weight is 857 g/mol. The van der Waals surface area contributed by atoms with Crippen LogP contribution in [-0.2, 0) is 33.6 Å². The van der Waals surface area contributed by atoms with E-state index < -0.39 is 176 Å². The molecule has 334 valence electrons. The zero-order valence-electron chi connectivity index (χ0n) is 32.3. The zero-order chi connectivity index (χ0) is 45.1. The van der Waals surface area contributed by atoms with Crippen molar-refractivity contribution in [1.29, 1.82) is 0 Å². The topological polar surface area (TPSA) is 428 Å². The highest BCUT2D eigenvalue weighted by Gasteiger charge is 2.50. The third-order valence-electron chi connectivity index (χ3n) is 10.6. The van der Waals surface area contributed by atoms with Crippen molar-refractivity contribution in [2.24, 2.45) is 17.4 Å². The average Bonchev–Trinajstić information content (AvgIpc) is 3.71. The standard InChI is InChI=1S/C35H52N8O17/c1-11-9-43-25(26(11)51)33(58)41-31(56)20(49)7-15(36)29(54)38-22(12(2)44)34(59)42-10-14(45)6-16(42)30(55)40-24(28(53)27(52)13-3-4-17(46)18(47)5-13)32(57)39-23(35(43)60)19(48)8-21(37)50/h3-5,11-12,14-16,19-20,22-28,31,44-49,51-53,56H,6-10,36H2,1-2H3,(H2,37,50)(H,38,54)(H,39,57)(H,40,55)(H,41,58)/t11-,12+,14+,15-,16-,19+,20+,22-,23-,24-,25-,26-,27-,28-,31+/m0/s1. The van der Waals surface area contributed by atoms with E-state index in [9.17, 15) is 84.6 Å². The fourth-order valence-corrected chi connectivity index (χ4v) is 7.24. The Kier molecular flexibility index (Phi) is 15.4. The van der Waals surface area contributed by atoms with Crippen LogP contribution in [-0.4, -0.2) is 194 Å². The molecule has 0 saturated carbocycles. The Hall–Kier alpha value is -5.25. The van der Waals surface area contributed by atoms with E-state index in [1.165, 1.54) is 6.92 Å². The lowest BCUT2D eigenvalue weighted by Crippen LogP contribution is -2.64. The summed E-state index contributed by atoms with van der Waals surface area (Å²) in [4.78, 5) is 96.3. The van der Waals surface area contributed by atoms with Gasteiger partial charge in [0.15, 0.2) is 17.7 Å². The summed E-state index contributed by atoms with van der Waals surface area (Å²) in [5, 5.41) is 115. The molecule has 0 aliphatic carbocycles. The van der Waals surface area contributed by atoms with Crippen molar-refractivity contribution in [2.75, 3.05) is 13.1 Å². The fourth-order valence-electron chi connectivity index (χ4n) is 7.24. The minimum Gasteiger partial charge on any atom is -0.504 e. The van der Waals surface area contributed by atoms with Crippen molar-refractivity contribution in [2.45, 2.75) is 118 Å². The predicted molar refractivity (Wildman–Crippen MR) is 198 cm³/mol. The van der Waals surface area contributed by atoms with Gasteiger partial charge in [0.1, 0.15) is 48.5 Å². The van der Waals surface area contributed by atoms with Crippen molar-refractivity contribution in [1.82, 2.24) is 31.1 Å². The Bertz CT molecular complexity index is 1800. The maximum Gasteiger partial charge on any atom is 0.248 e. The number of aliphatic hydroxyl groups excluding tert-OH is 8. The minimum absolute atomic E-state index is 0.341. The van der Waals surface area contributed by atoms with E-state index in [2.05, 4.69) is 16.0 Å². The van der Waals surface area contributed by atoms with Crippen LogP contribution in [0.4, 0.5) is 0 Å². The fraction of sp³-hybridized carbons (Fsp3) is 0.629. The summed E-state index contributed by atoms with van der Waals surface area (Å²) in [5.74, 6) is -11.4. The molecule has 3 fully saturated rings. The molecule has 4 rings (SSSR count). The van der Waals surface area contributed by atoms with Crippen molar-refractivity contribution in [3.05, 3.63) is 23.8 Å². The Labute approximate surface area is 340 Å². The first-order valence-corrected chi connectivity index (χ1v) is 18.8. The molecule has 25 heteroatoms. The summed E-state index contributed by atoms with van der Waals surface area (Å²) in [6, 6.07) is -9.20. The third-order valence-corrected chi connectivity index (χ3v) is 10.6. The molecule has 3 aliphatic rings. The van der Waals surface area contributed by atoms with E-state index in [1.807, 2.05) is 5.32 Å². The van der Waals surface area contributed by atoms with Gasteiger partial charge in [-0.25, -0.2) is 0 Å². The summed E-state index contributed by atoms with van der Waals surface area (Å²) >= 11 is 0. The summed E-state index contributed by atoms with van der Waals surface area (Å²) < 4.78 is 0. The first kappa shape index (κ1) is 47.4. The quantitative estimate of drug-likeness (QED) is 0.113. The Morgan fingerprint density at radius 1 is 0.783 bits per heavy atom. The van der Waals surface area contributed by atoms with Gasteiger partial charge in [0.2, 0.25) is 41.4 Å². The molecule has 18 N–H and O–H groups in total. The van der Waals surface area contributed by atoms with Crippen molar-refractivity contribution in [3.8, 4) is 11.5 Å². The number of rotatable bonds is 7. The first-order chi connectivity index (χ1) is 27.9. The van der Waals surface area contributed by atoms with Crippen LogP contribution >= 0.6 is 0 Å².